The van der Waals surface area contributed by atoms with Gasteiger partial charge in [0.05, 0.1) is 5.75 Å². The van der Waals surface area contributed by atoms with Crippen molar-refractivity contribution in [3.63, 3.8) is 0 Å². The van der Waals surface area contributed by atoms with E-state index in [2.05, 4.69) is 16.1 Å². The van der Waals surface area contributed by atoms with Gasteiger partial charge in [-0.1, -0.05) is 6.07 Å². The lowest BCUT2D eigenvalue weighted by atomic mass is 9.99. The van der Waals surface area contributed by atoms with Crippen LogP contribution in [0.5, 0.6) is 0 Å². The highest BCUT2D eigenvalue weighted by Gasteiger charge is 2.26. The van der Waals surface area contributed by atoms with Crippen LogP contribution < -0.4 is 10.0 Å². The standard InChI is InChI=1S/C19H29N3O3S/c1-13(22(2)3)10-11-26(24,25)21-19(23)20-18-16-8-4-6-14(16)12-15-7-5-9-17(15)18/h12-13H,4-11H2,1-3H3,(H2,20,21,23). The maximum atomic E-state index is 12.4. The van der Waals surface area contributed by atoms with E-state index in [1.165, 1.54) is 22.3 Å². The average Bonchev–Trinajstić information content (AvgIpc) is 3.20. The average molecular weight is 380 g/mol. The van der Waals surface area contributed by atoms with Gasteiger partial charge in [0, 0.05) is 11.7 Å². The SMILES string of the molecule is CC(CCS(=O)(=O)NC(=O)Nc1c2c(cc3c1CCC3)CCC2)N(C)C. The molecule has 0 heterocycles. The van der Waals surface area contributed by atoms with Crippen molar-refractivity contribution in [3.8, 4) is 0 Å². The maximum absolute atomic E-state index is 12.4. The maximum Gasteiger partial charge on any atom is 0.332 e. The molecule has 2 amide bonds. The highest BCUT2D eigenvalue weighted by Crippen LogP contribution is 2.38. The van der Waals surface area contributed by atoms with Crippen LogP contribution in [0, 0.1) is 0 Å². The van der Waals surface area contributed by atoms with E-state index in [9.17, 15) is 13.2 Å². The fourth-order valence-electron chi connectivity index (χ4n) is 3.88. The van der Waals surface area contributed by atoms with Crippen molar-refractivity contribution >= 4 is 21.7 Å². The normalized spacial score (nSPS) is 17.1. The Morgan fingerprint density at radius 2 is 1.69 bits per heavy atom. The van der Waals surface area contributed by atoms with E-state index in [-0.39, 0.29) is 11.8 Å². The van der Waals surface area contributed by atoms with Crippen LogP contribution in [0.4, 0.5) is 10.5 Å². The molecule has 0 radical (unpaired) electrons. The number of hydrogen-bond donors (Lipinski definition) is 2. The van der Waals surface area contributed by atoms with Crippen LogP contribution in [0.3, 0.4) is 0 Å². The van der Waals surface area contributed by atoms with Crippen LogP contribution >= 0.6 is 0 Å². The third-order valence-corrected chi connectivity index (χ3v) is 6.92. The Hall–Kier alpha value is -1.60. The molecule has 1 atom stereocenters. The van der Waals surface area contributed by atoms with E-state index in [1.54, 1.807) is 0 Å². The second kappa shape index (κ2) is 7.56. The molecule has 2 aliphatic rings. The van der Waals surface area contributed by atoms with E-state index < -0.39 is 16.1 Å². The minimum absolute atomic E-state index is 0.0647. The number of rotatable bonds is 6. The topological polar surface area (TPSA) is 78.5 Å². The Morgan fingerprint density at radius 3 is 2.23 bits per heavy atom. The van der Waals surface area contributed by atoms with E-state index in [1.807, 2.05) is 25.9 Å². The first-order chi connectivity index (χ1) is 12.3. The van der Waals surface area contributed by atoms with Crippen LogP contribution in [0.2, 0.25) is 0 Å². The number of nitrogens with zero attached hydrogens (tertiary/aromatic N) is 1. The van der Waals surface area contributed by atoms with Gasteiger partial charge >= 0.3 is 6.03 Å². The number of anilines is 1. The lowest BCUT2D eigenvalue weighted by molar-refractivity contribution is 0.256. The van der Waals surface area contributed by atoms with Crippen molar-refractivity contribution < 1.29 is 13.2 Å². The molecule has 0 bridgehead atoms. The Bertz CT molecular complexity index is 770. The summed E-state index contributed by atoms with van der Waals surface area (Å²) >= 11 is 0. The minimum atomic E-state index is -3.65. The highest BCUT2D eigenvalue weighted by atomic mass is 32.2. The smallest absolute Gasteiger partial charge is 0.307 e. The highest BCUT2D eigenvalue weighted by molar-refractivity contribution is 7.90. The van der Waals surface area contributed by atoms with Gasteiger partial charge in [-0.2, -0.15) is 0 Å². The van der Waals surface area contributed by atoms with Gasteiger partial charge in [0.2, 0.25) is 10.0 Å². The molecular formula is C19H29N3O3S. The number of aryl methyl sites for hydroxylation is 2. The number of amides is 2. The summed E-state index contributed by atoms with van der Waals surface area (Å²) in [4.78, 5) is 14.4. The van der Waals surface area contributed by atoms with Gasteiger partial charge < -0.3 is 10.2 Å². The largest absolute Gasteiger partial charge is 0.332 e. The fourth-order valence-corrected chi connectivity index (χ4v) is 4.97. The molecule has 1 aromatic rings. The van der Waals surface area contributed by atoms with Gasteiger partial charge in [0.25, 0.3) is 0 Å². The molecule has 0 spiro atoms. The Kier molecular flexibility index (Phi) is 5.58. The quantitative estimate of drug-likeness (QED) is 0.796. The van der Waals surface area contributed by atoms with Gasteiger partial charge in [0.1, 0.15) is 0 Å². The predicted octanol–water partition coefficient (Wildman–Crippen LogP) is 2.46. The Labute approximate surface area is 156 Å². The second-order valence-electron chi connectivity index (χ2n) is 7.71. The second-order valence-corrected chi connectivity index (χ2v) is 9.55. The number of hydrogen-bond acceptors (Lipinski definition) is 4. The summed E-state index contributed by atoms with van der Waals surface area (Å²) in [6, 6.07) is 1.78. The van der Waals surface area contributed by atoms with Gasteiger partial charge in [-0.05, 0) is 88.2 Å². The zero-order valence-corrected chi connectivity index (χ0v) is 16.7. The monoisotopic (exact) mass is 379 g/mol. The van der Waals surface area contributed by atoms with Crippen molar-refractivity contribution in [1.29, 1.82) is 0 Å². The Balaban J connectivity index is 1.69. The van der Waals surface area contributed by atoms with Crippen LogP contribution in [0.25, 0.3) is 0 Å². The molecule has 0 aliphatic heterocycles. The zero-order valence-electron chi connectivity index (χ0n) is 15.9. The molecule has 7 heteroatoms. The van der Waals surface area contributed by atoms with E-state index in [4.69, 9.17) is 0 Å². The number of carbonyl (C=O) groups excluding carboxylic acids is 1. The van der Waals surface area contributed by atoms with E-state index in [0.29, 0.717) is 6.42 Å². The van der Waals surface area contributed by atoms with Crippen LogP contribution in [-0.4, -0.2) is 45.2 Å². The first kappa shape index (κ1) is 19.2. The summed E-state index contributed by atoms with van der Waals surface area (Å²) in [6.07, 6.45) is 6.65. The molecule has 26 heavy (non-hydrogen) atoms. The number of sulfonamides is 1. The fraction of sp³-hybridized carbons (Fsp3) is 0.632. The molecule has 0 saturated heterocycles. The van der Waals surface area contributed by atoms with Crippen LogP contribution in [-0.2, 0) is 35.7 Å². The van der Waals surface area contributed by atoms with Crippen molar-refractivity contribution in [1.82, 2.24) is 9.62 Å². The molecule has 0 aromatic heterocycles. The predicted molar refractivity (Wildman–Crippen MR) is 104 cm³/mol. The summed E-state index contributed by atoms with van der Waals surface area (Å²) in [7, 11) is 0.175. The number of urea groups is 1. The molecule has 0 fully saturated rings. The van der Waals surface area contributed by atoms with Gasteiger partial charge in [-0.25, -0.2) is 17.9 Å². The molecule has 144 valence electrons. The number of carbonyl (C=O) groups is 1. The van der Waals surface area contributed by atoms with Crippen molar-refractivity contribution in [2.24, 2.45) is 0 Å². The molecular weight excluding hydrogens is 350 g/mol. The summed E-state index contributed by atoms with van der Waals surface area (Å²) in [5.41, 5.74) is 5.87. The molecule has 0 saturated carbocycles. The van der Waals surface area contributed by atoms with Gasteiger partial charge in [-0.3, -0.25) is 0 Å². The van der Waals surface area contributed by atoms with Crippen molar-refractivity contribution in [2.75, 3.05) is 25.2 Å². The van der Waals surface area contributed by atoms with Gasteiger partial charge in [-0.15, -0.1) is 0 Å². The van der Waals surface area contributed by atoms with Crippen molar-refractivity contribution in [3.05, 3.63) is 28.3 Å². The van der Waals surface area contributed by atoms with Crippen LogP contribution in [0.1, 0.15) is 48.4 Å². The van der Waals surface area contributed by atoms with E-state index in [0.717, 1.165) is 44.2 Å². The third kappa shape index (κ3) is 4.20. The number of benzene rings is 1. The summed E-state index contributed by atoms with van der Waals surface area (Å²) < 4.78 is 26.7. The van der Waals surface area contributed by atoms with Gasteiger partial charge in [0.15, 0.2) is 0 Å². The first-order valence-corrected chi connectivity index (χ1v) is 11.1. The molecule has 1 unspecified atom stereocenters. The molecule has 2 aliphatic carbocycles. The summed E-state index contributed by atoms with van der Waals surface area (Å²) in [5, 5.41) is 2.87. The summed E-state index contributed by atoms with van der Waals surface area (Å²) in [5.74, 6) is -0.0647. The molecule has 6 nitrogen and oxygen atoms in total. The number of fused-ring (bicyclic) bond motifs is 2. The van der Waals surface area contributed by atoms with E-state index >= 15 is 0 Å². The van der Waals surface area contributed by atoms with Crippen molar-refractivity contribution in [2.45, 2.75) is 57.9 Å². The third-order valence-electron chi connectivity index (χ3n) is 5.65. The first-order valence-electron chi connectivity index (χ1n) is 9.41. The molecule has 1 aromatic carbocycles. The number of nitrogens with one attached hydrogen (secondary N) is 2. The van der Waals surface area contributed by atoms with Crippen LogP contribution in [0.15, 0.2) is 6.07 Å². The molecule has 3 rings (SSSR count). The zero-order chi connectivity index (χ0) is 18.9. The lowest BCUT2D eigenvalue weighted by Gasteiger charge is -2.20. The summed E-state index contributed by atoms with van der Waals surface area (Å²) in [6.45, 7) is 1.96. The lowest BCUT2D eigenvalue weighted by Crippen LogP contribution is -2.38. The minimum Gasteiger partial charge on any atom is -0.307 e. The Morgan fingerprint density at radius 1 is 1.12 bits per heavy atom. The molecule has 2 N–H and O–H groups in total.